The summed E-state index contributed by atoms with van der Waals surface area (Å²) >= 11 is 0. The Morgan fingerprint density at radius 1 is 1.13 bits per heavy atom. The number of rotatable bonds is 8. The number of carboxylic acid groups (broad SMARTS) is 1. The molecular weight excluding hydrogens is 413 g/mol. The van der Waals surface area contributed by atoms with Gasteiger partial charge in [0.1, 0.15) is 29.9 Å². The van der Waals surface area contributed by atoms with Gasteiger partial charge in [0.2, 0.25) is 5.88 Å². The van der Waals surface area contributed by atoms with Crippen LogP contribution in [0.1, 0.15) is 34.6 Å². The molecule has 0 aliphatic heterocycles. The molecule has 0 atom stereocenters. The standard InChI is InChI=1S/C20H26FN3O7/c1-19(2,3)31-18(27)30-8-7-29-15-12-9-11(24-20(4,5)16(25)26)10-13(21)14(12)22-17(23-15)28-6/h9-10,24H,7-8H2,1-6H3,(H,25,26). The summed E-state index contributed by atoms with van der Waals surface area (Å²) in [5, 5.41) is 12.2. The first-order valence-corrected chi connectivity index (χ1v) is 9.38. The quantitative estimate of drug-likeness (QED) is 0.466. The molecule has 31 heavy (non-hydrogen) atoms. The van der Waals surface area contributed by atoms with Gasteiger partial charge in [-0.1, -0.05) is 0 Å². The van der Waals surface area contributed by atoms with E-state index in [0.29, 0.717) is 0 Å². The molecule has 1 aromatic heterocycles. The van der Waals surface area contributed by atoms with Crippen LogP contribution in [0.2, 0.25) is 0 Å². The van der Waals surface area contributed by atoms with Gasteiger partial charge < -0.3 is 29.4 Å². The lowest BCUT2D eigenvalue weighted by molar-refractivity contribution is -0.141. The number of aliphatic carboxylic acids is 1. The highest BCUT2D eigenvalue weighted by Gasteiger charge is 2.27. The van der Waals surface area contributed by atoms with Crippen LogP contribution >= 0.6 is 0 Å². The van der Waals surface area contributed by atoms with Crippen molar-refractivity contribution < 1.29 is 38.0 Å². The first-order chi connectivity index (χ1) is 14.3. The third-order valence-electron chi connectivity index (χ3n) is 3.80. The highest BCUT2D eigenvalue weighted by atomic mass is 19.1. The van der Waals surface area contributed by atoms with E-state index in [4.69, 9.17) is 18.9 Å². The van der Waals surface area contributed by atoms with Crippen LogP contribution in [-0.4, -0.2) is 58.7 Å². The highest BCUT2D eigenvalue weighted by Crippen LogP contribution is 2.31. The van der Waals surface area contributed by atoms with Gasteiger partial charge in [-0.15, -0.1) is 0 Å². The van der Waals surface area contributed by atoms with Gasteiger partial charge in [-0.3, -0.25) is 0 Å². The minimum Gasteiger partial charge on any atom is -0.480 e. The summed E-state index contributed by atoms with van der Waals surface area (Å²) in [6.45, 7) is 7.74. The maximum Gasteiger partial charge on any atom is 0.508 e. The largest absolute Gasteiger partial charge is 0.508 e. The van der Waals surface area contributed by atoms with E-state index in [9.17, 15) is 19.1 Å². The molecular formula is C20H26FN3O7. The fourth-order valence-corrected chi connectivity index (χ4v) is 2.37. The number of carboxylic acids is 1. The summed E-state index contributed by atoms with van der Waals surface area (Å²) in [5.41, 5.74) is -1.93. The third-order valence-corrected chi connectivity index (χ3v) is 3.80. The minimum atomic E-state index is -1.35. The summed E-state index contributed by atoms with van der Waals surface area (Å²) in [4.78, 5) is 31.0. The number of carbonyl (C=O) groups excluding carboxylic acids is 1. The Morgan fingerprint density at radius 2 is 1.81 bits per heavy atom. The van der Waals surface area contributed by atoms with Gasteiger partial charge >= 0.3 is 18.1 Å². The molecule has 2 rings (SSSR count). The number of carbonyl (C=O) groups is 2. The maximum absolute atomic E-state index is 14.7. The molecule has 2 aromatic rings. The predicted octanol–water partition coefficient (Wildman–Crippen LogP) is 3.38. The van der Waals surface area contributed by atoms with Crippen molar-refractivity contribution in [1.82, 2.24) is 9.97 Å². The first kappa shape index (κ1) is 23.9. The summed E-state index contributed by atoms with van der Waals surface area (Å²) in [6.07, 6.45) is -0.852. The van der Waals surface area contributed by atoms with Crippen molar-refractivity contribution in [2.24, 2.45) is 0 Å². The Balaban J connectivity index is 2.25. The molecule has 0 bridgehead atoms. The SMILES string of the molecule is COc1nc(OCCOC(=O)OC(C)(C)C)c2cc(NC(C)(C)C(=O)O)cc(F)c2n1. The van der Waals surface area contributed by atoms with Crippen LogP contribution in [-0.2, 0) is 14.3 Å². The molecule has 1 aromatic carbocycles. The smallest absolute Gasteiger partial charge is 0.480 e. The normalized spacial score (nSPS) is 11.7. The molecule has 0 aliphatic rings. The summed E-state index contributed by atoms with van der Waals surface area (Å²) in [5.74, 6) is -1.86. The number of hydrogen-bond acceptors (Lipinski definition) is 9. The molecule has 0 radical (unpaired) electrons. The van der Waals surface area contributed by atoms with E-state index >= 15 is 0 Å². The van der Waals surface area contributed by atoms with Gasteiger partial charge in [0, 0.05) is 5.69 Å². The van der Waals surface area contributed by atoms with Crippen LogP contribution in [0.3, 0.4) is 0 Å². The number of methoxy groups -OCH3 is 1. The average Bonchev–Trinajstić information content (AvgIpc) is 2.63. The number of fused-ring (bicyclic) bond motifs is 1. The van der Waals surface area contributed by atoms with Gasteiger partial charge in [-0.25, -0.2) is 14.0 Å². The zero-order chi connectivity index (χ0) is 23.4. The lowest BCUT2D eigenvalue weighted by atomic mass is 10.1. The van der Waals surface area contributed by atoms with E-state index < -0.39 is 29.1 Å². The van der Waals surface area contributed by atoms with Gasteiger partial charge in [-0.05, 0) is 46.8 Å². The Kier molecular flexibility index (Phi) is 7.09. The van der Waals surface area contributed by atoms with E-state index in [0.717, 1.165) is 6.07 Å². The van der Waals surface area contributed by atoms with Crippen LogP contribution in [0.5, 0.6) is 11.9 Å². The second kappa shape index (κ2) is 9.19. The predicted molar refractivity (Wildman–Crippen MR) is 109 cm³/mol. The molecule has 11 heteroatoms. The number of aromatic nitrogens is 2. The van der Waals surface area contributed by atoms with Crippen molar-refractivity contribution in [2.75, 3.05) is 25.6 Å². The van der Waals surface area contributed by atoms with Crippen LogP contribution in [0, 0.1) is 5.82 Å². The summed E-state index contributed by atoms with van der Waals surface area (Å²) < 4.78 is 35.2. The highest BCUT2D eigenvalue weighted by molar-refractivity contribution is 5.89. The van der Waals surface area contributed by atoms with Crippen LogP contribution in [0.15, 0.2) is 12.1 Å². The average molecular weight is 439 g/mol. The fourth-order valence-electron chi connectivity index (χ4n) is 2.37. The molecule has 1 heterocycles. The van der Waals surface area contributed by atoms with Crippen LogP contribution in [0.25, 0.3) is 10.9 Å². The van der Waals surface area contributed by atoms with Crippen molar-refractivity contribution >= 4 is 28.7 Å². The molecule has 0 aliphatic carbocycles. The van der Waals surface area contributed by atoms with Crippen molar-refractivity contribution in [1.29, 1.82) is 0 Å². The van der Waals surface area contributed by atoms with Crippen LogP contribution in [0.4, 0.5) is 14.9 Å². The molecule has 0 amide bonds. The van der Waals surface area contributed by atoms with E-state index in [-0.39, 0.29) is 41.7 Å². The Bertz CT molecular complexity index is 973. The number of benzene rings is 1. The molecule has 0 unspecified atom stereocenters. The molecule has 10 nitrogen and oxygen atoms in total. The molecule has 0 spiro atoms. The third kappa shape index (κ3) is 6.56. The van der Waals surface area contributed by atoms with Gasteiger partial charge in [-0.2, -0.15) is 9.97 Å². The number of halogens is 1. The zero-order valence-corrected chi connectivity index (χ0v) is 18.2. The lowest BCUT2D eigenvalue weighted by Gasteiger charge is -2.23. The number of anilines is 1. The Hall–Kier alpha value is -3.37. The van der Waals surface area contributed by atoms with Crippen molar-refractivity contribution in [3.8, 4) is 11.9 Å². The van der Waals surface area contributed by atoms with Crippen molar-refractivity contribution in [3.63, 3.8) is 0 Å². The molecule has 2 N–H and O–H groups in total. The molecule has 0 saturated heterocycles. The van der Waals surface area contributed by atoms with Gasteiger partial charge in [0.25, 0.3) is 0 Å². The monoisotopic (exact) mass is 439 g/mol. The number of nitrogens with one attached hydrogen (secondary N) is 1. The number of ether oxygens (including phenoxy) is 4. The minimum absolute atomic E-state index is 0.0229. The van der Waals surface area contributed by atoms with E-state index in [1.54, 1.807) is 20.8 Å². The maximum atomic E-state index is 14.7. The van der Waals surface area contributed by atoms with Gasteiger partial charge in [0.15, 0.2) is 5.82 Å². The van der Waals surface area contributed by atoms with Crippen LogP contribution < -0.4 is 14.8 Å². The van der Waals surface area contributed by atoms with Crippen molar-refractivity contribution in [3.05, 3.63) is 17.9 Å². The van der Waals surface area contributed by atoms with E-state index in [1.165, 1.54) is 27.0 Å². The number of hydrogen-bond donors (Lipinski definition) is 2. The topological polar surface area (TPSA) is 129 Å². The second-order valence-corrected chi connectivity index (χ2v) is 8.09. The Morgan fingerprint density at radius 3 is 2.39 bits per heavy atom. The Labute approximate surface area is 178 Å². The van der Waals surface area contributed by atoms with Crippen molar-refractivity contribution in [2.45, 2.75) is 45.8 Å². The molecule has 0 fully saturated rings. The lowest BCUT2D eigenvalue weighted by Crippen LogP contribution is -2.39. The summed E-state index contributed by atoms with van der Waals surface area (Å²) in [6, 6.07) is 2.46. The number of nitrogens with zero attached hydrogens (tertiary/aromatic N) is 2. The van der Waals surface area contributed by atoms with E-state index in [1.807, 2.05) is 0 Å². The zero-order valence-electron chi connectivity index (χ0n) is 18.2. The molecule has 170 valence electrons. The first-order valence-electron chi connectivity index (χ1n) is 9.38. The fraction of sp³-hybridized carbons (Fsp3) is 0.500. The summed E-state index contributed by atoms with van der Waals surface area (Å²) in [7, 11) is 1.32. The molecule has 0 saturated carbocycles. The van der Waals surface area contributed by atoms with Gasteiger partial charge in [0.05, 0.1) is 12.5 Å². The van der Waals surface area contributed by atoms with E-state index in [2.05, 4.69) is 15.3 Å². The second-order valence-electron chi connectivity index (χ2n) is 8.09.